The Hall–Kier alpha value is -2.64. The molecule has 0 spiro atoms. The third-order valence-electron chi connectivity index (χ3n) is 2.84. The number of fused-ring (bicyclic) bond motifs is 1. The number of aromatic nitrogens is 3. The van der Waals surface area contributed by atoms with E-state index >= 15 is 0 Å². The molecule has 2 aromatic heterocycles. The molecular weight excluding hydrogens is 298 g/mol. The maximum atomic E-state index is 11.9. The van der Waals surface area contributed by atoms with Crippen LogP contribution in [0.5, 0.6) is 0 Å². The van der Waals surface area contributed by atoms with Crippen LogP contribution in [0.1, 0.15) is 32.9 Å². The quantitative estimate of drug-likeness (QED) is 0.799. The van der Waals surface area contributed by atoms with Crippen molar-refractivity contribution in [2.45, 2.75) is 39.7 Å². The zero-order valence-corrected chi connectivity index (χ0v) is 13.7. The molecule has 2 rings (SSSR count). The lowest BCUT2D eigenvalue weighted by molar-refractivity contribution is -0.116. The Bertz CT molecular complexity index is 717. The van der Waals surface area contributed by atoms with Crippen molar-refractivity contribution in [1.29, 1.82) is 0 Å². The summed E-state index contributed by atoms with van der Waals surface area (Å²) in [5.74, 6) is 0.171. The molecule has 0 saturated heterocycles. The number of hydrogen-bond acceptors (Lipinski definition) is 5. The Kier molecular flexibility index (Phi) is 4.83. The van der Waals surface area contributed by atoms with Crippen LogP contribution in [0.25, 0.3) is 11.0 Å². The summed E-state index contributed by atoms with van der Waals surface area (Å²) in [7, 11) is 0. The zero-order valence-electron chi connectivity index (χ0n) is 13.7. The lowest BCUT2D eigenvalue weighted by atomic mass is 10.2. The maximum Gasteiger partial charge on any atom is 0.407 e. The second-order valence-corrected chi connectivity index (χ2v) is 6.15. The first-order chi connectivity index (χ1) is 10.7. The summed E-state index contributed by atoms with van der Waals surface area (Å²) in [5.41, 5.74) is 0.915. The molecule has 0 unspecified atom stereocenters. The number of nitrogens with one attached hydrogen (secondary N) is 3. The fraction of sp³-hybridized carbons (Fsp3) is 0.467. The fourth-order valence-corrected chi connectivity index (χ4v) is 1.88. The first-order valence-corrected chi connectivity index (χ1v) is 7.33. The number of carbonyl (C=O) groups excluding carboxylic acids is 2. The van der Waals surface area contributed by atoms with E-state index in [-0.39, 0.29) is 18.9 Å². The average Bonchev–Trinajstić information content (AvgIpc) is 2.78. The summed E-state index contributed by atoms with van der Waals surface area (Å²) in [6.07, 6.45) is -0.428. The minimum Gasteiger partial charge on any atom is -0.444 e. The lowest BCUT2D eigenvalue weighted by Crippen LogP contribution is -2.34. The zero-order chi connectivity index (χ0) is 17.0. The topological polar surface area (TPSA) is 109 Å². The van der Waals surface area contributed by atoms with Crippen LogP contribution in [0.3, 0.4) is 0 Å². The van der Waals surface area contributed by atoms with Crippen molar-refractivity contribution >= 4 is 28.9 Å². The van der Waals surface area contributed by atoms with Crippen molar-refractivity contribution in [3.05, 3.63) is 17.8 Å². The molecule has 3 N–H and O–H groups in total. The van der Waals surface area contributed by atoms with Crippen molar-refractivity contribution in [2.75, 3.05) is 11.9 Å². The molecule has 2 aromatic rings. The van der Waals surface area contributed by atoms with Crippen molar-refractivity contribution in [3.8, 4) is 0 Å². The van der Waals surface area contributed by atoms with Gasteiger partial charge in [-0.1, -0.05) is 0 Å². The van der Waals surface area contributed by atoms with Crippen LogP contribution in [-0.4, -0.2) is 39.3 Å². The molecule has 0 aliphatic heterocycles. The fourth-order valence-electron chi connectivity index (χ4n) is 1.88. The molecule has 0 aliphatic carbocycles. The number of H-pyrrole nitrogens is 1. The Morgan fingerprint density at radius 2 is 2.04 bits per heavy atom. The van der Waals surface area contributed by atoms with E-state index in [1.54, 1.807) is 20.8 Å². The van der Waals surface area contributed by atoms with Crippen molar-refractivity contribution < 1.29 is 14.3 Å². The number of aromatic amines is 1. The van der Waals surface area contributed by atoms with Gasteiger partial charge in [0.2, 0.25) is 5.91 Å². The number of carbonyl (C=O) groups is 2. The summed E-state index contributed by atoms with van der Waals surface area (Å²) in [5, 5.41) is 12.8. The molecule has 0 saturated carbocycles. The van der Waals surface area contributed by atoms with Crippen LogP contribution < -0.4 is 10.6 Å². The molecule has 23 heavy (non-hydrogen) atoms. The number of ether oxygens (including phenoxy) is 1. The van der Waals surface area contributed by atoms with E-state index in [1.165, 1.54) is 0 Å². The highest BCUT2D eigenvalue weighted by Gasteiger charge is 2.16. The highest BCUT2D eigenvalue weighted by molar-refractivity contribution is 5.98. The average molecular weight is 319 g/mol. The Morgan fingerprint density at radius 3 is 2.74 bits per heavy atom. The molecular formula is C15H21N5O3. The number of anilines is 1. The van der Waals surface area contributed by atoms with Crippen LogP contribution in [0, 0.1) is 6.92 Å². The van der Waals surface area contributed by atoms with E-state index in [4.69, 9.17) is 4.74 Å². The number of hydrogen-bond donors (Lipinski definition) is 3. The lowest BCUT2D eigenvalue weighted by Gasteiger charge is -2.19. The summed E-state index contributed by atoms with van der Waals surface area (Å²) in [4.78, 5) is 27.7. The van der Waals surface area contributed by atoms with Gasteiger partial charge >= 0.3 is 6.09 Å². The molecule has 8 nitrogen and oxygen atoms in total. The van der Waals surface area contributed by atoms with E-state index in [0.717, 1.165) is 11.1 Å². The Labute approximate surface area is 134 Å². The van der Waals surface area contributed by atoms with Gasteiger partial charge in [-0.2, -0.15) is 5.10 Å². The second kappa shape index (κ2) is 6.64. The third-order valence-corrected chi connectivity index (χ3v) is 2.84. The van der Waals surface area contributed by atoms with Crippen molar-refractivity contribution in [1.82, 2.24) is 20.5 Å². The summed E-state index contributed by atoms with van der Waals surface area (Å²) >= 11 is 0. The third kappa shape index (κ3) is 4.94. The summed E-state index contributed by atoms with van der Waals surface area (Å²) in [6, 6.07) is 3.69. The van der Waals surface area contributed by atoms with Gasteiger partial charge in [-0.15, -0.1) is 0 Å². The first kappa shape index (κ1) is 16.7. The van der Waals surface area contributed by atoms with Gasteiger partial charge < -0.3 is 15.4 Å². The van der Waals surface area contributed by atoms with E-state index in [9.17, 15) is 9.59 Å². The number of nitrogens with zero attached hydrogens (tertiary/aromatic N) is 2. The molecule has 0 bridgehead atoms. The molecule has 2 amide bonds. The summed E-state index contributed by atoms with van der Waals surface area (Å²) in [6.45, 7) is 7.38. The molecule has 2 heterocycles. The molecule has 0 fully saturated rings. The SMILES string of the molecule is Cc1ccc2c(NC(=O)CCNC(=O)OC(C)(C)C)n[nH]c2n1. The maximum absolute atomic E-state index is 11.9. The molecule has 0 radical (unpaired) electrons. The van der Waals surface area contributed by atoms with Gasteiger partial charge in [0.15, 0.2) is 11.5 Å². The monoisotopic (exact) mass is 319 g/mol. The van der Waals surface area contributed by atoms with Crippen LogP contribution >= 0.6 is 0 Å². The predicted octanol–water partition coefficient (Wildman–Crippen LogP) is 2.12. The van der Waals surface area contributed by atoms with Gasteiger partial charge in [0.05, 0.1) is 5.39 Å². The smallest absolute Gasteiger partial charge is 0.407 e. The normalized spacial score (nSPS) is 11.3. The van der Waals surface area contributed by atoms with Crippen molar-refractivity contribution in [2.24, 2.45) is 0 Å². The van der Waals surface area contributed by atoms with Gasteiger partial charge in [0.25, 0.3) is 0 Å². The van der Waals surface area contributed by atoms with Crippen molar-refractivity contribution in [3.63, 3.8) is 0 Å². The van der Waals surface area contributed by atoms with Gasteiger partial charge in [0.1, 0.15) is 5.60 Å². The van der Waals surface area contributed by atoms with Crippen LogP contribution in [0.4, 0.5) is 10.6 Å². The standard InChI is InChI=1S/C15H21N5O3/c1-9-5-6-10-12(17-9)19-20-13(10)18-11(21)7-8-16-14(22)23-15(2,3)4/h5-6H,7-8H2,1-4H3,(H,16,22)(H2,17,18,19,20,21). The second-order valence-electron chi connectivity index (χ2n) is 6.15. The van der Waals surface area contributed by atoms with Gasteiger partial charge in [-0.25, -0.2) is 9.78 Å². The molecule has 124 valence electrons. The Morgan fingerprint density at radius 1 is 1.30 bits per heavy atom. The minimum atomic E-state index is -0.564. The van der Waals surface area contributed by atoms with Crippen LogP contribution in [0.2, 0.25) is 0 Å². The number of pyridine rings is 1. The van der Waals surface area contributed by atoms with Crippen LogP contribution in [0.15, 0.2) is 12.1 Å². The predicted molar refractivity (Wildman–Crippen MR) is 86.1 cm³/mol. The number of rotatable bonds is 4. The number of aryl methyl sites for hydroxylation is 1. The highest BCUT2D eigenvalue weighted by Crippen LogP contribution is 2.18. The van der Waals surface area contributed by atoms with Crippen LogP contribution in [-0.2, 0) is 9.53 Å². The number of alkyl carbamates (subject to hydrolysis) is 1. The number of amides is 2. The summed E-state index contributed by atoms with van der Waals surface area (Å²) < 4.78 is 5.09. The van der Waals surface area contributed by atoms with E-state index in [1.807, 2.05) is 19.1 Å². The molecule has 8 heteroatoms. The first-order valence-electron chi connectivity index (χ1n) is 7.33. The van der Waals surface area contributed by atoms with Gasteiger partial charge in [0, 0.05) is 18.7 Å². The van der Waals surface area contributed by atoms with Gasteiger partial charge in [-0.05, 0) is 39.8 Å². The largest absolute Gasteiger partial charge is 0.444 e. The minimum absolute atomic E-state index is 0.118. The molecule has 0 aromatic carbocycles. The Balaban J connectivity index is 1.84. The van der Waals surface area contributed by atoms with E-state index < -0.39 is 11.7 Å². The van der Waals surface area contributed by atoms with E-state index in [2.05, 4.69) is 25.8 Å². The van der Waals surface area contributed by atoms with Gasteiger partial charge in [-0.3, -0.25) is 9.89 Å². The molecule has 0 aliphatic rings. The molecule has 0 atom stereocenters. The highest BCUT2D eigenvalue weighted by atomic mass is 16.6. The van der Waals surface area contributed by atoms with E-state index in [0.29, 0.717) is 11.5 Å².